The summed E-state index contributed by atoms with van der Waals surface area (Å²) in [5.41, 5.74) is 1.65. The normalized spacial score (nSPS) is 12.0. The van der Waals surface area contributed by atoms with Crippen molar-refractivity contribution in [3.63, 3.8) is 0 Å². The minimum Gasteiger partial charge on any atom is -1.00 e. The van der Waals surface area contributed by atoms with Gasteiger partial charge in [-0.15, -0.1) is 46.2 Å². The molecule has 4 rings (SSSR count). The number of fused-ring (bicyclic) bond motifs is 3. The third kappa shape index (κ3) is 8.24. The van der Waals surface area contributed by atoms with Crippen LogP contribution in [0.1, 0.15) is 41.0 Å². The zero-order chi connectivity index (χ0) is 19.2. The van der Waals surface area contributed by atoms with E-state index in [4.69, 9.17) is 0 Å². The second-order valence-electron chi connectivity index (χ2n) is 7.77. The first-order valence-corrected chi connectivity index (χ1v) is 10.3. The Morgan fingerprint density at radius 2 is 1.32 bits per heavy atom. The predicted molar refractivity (Wildman–Crippen MR) is 113 cm³/mol. The summed E-state index contributed by atoms with van der Waals surface area (Å²) in [7, 11) is 0. The van der Waals surface area contributed by atoms with E-state index in [0.29, 0.717) is 5.41 Å². The van der Waals surface area contributed by atoms with Crippen LogP contribution in [0.3, 0.4) is 0 Å². The molecule has 0 aromatic heterocycles. The molecule has 0 spiro atoms. The van der Waals surface area contributed by atoms with E-state index in [0.717, 1.165) is 6.42 Å². The molecule has 0 aliphatic heterocycles. The summed E-state index contributed by atoms with van der Waals surface area (Å²) in [6.45, 7) is 10.9. The molecule has 0 N–H and O–H groups in total. The van der Waals surface area contributed by atoms with Crippen LogP contribution in [0.4, 0.5) is 0 Å². The van der Waals surface area contributed by atoms with Gasteiger partial charge < -0.3 is 24.8 Å². The number of hydrogen-bond acceptors (Lipinski definition) is 0. The second-order valence-corrected chi connectivity index (χ2v) is 10.2. The quantitative estimate of drug-likeness (QED) is 0.416. The van der Waals surface area contributed by atoms with Crippen LogP contribution in [0.15, 0.2) is 72.3 Å². The van der Waals surface area contributed by atoms with Crippen molar-refractivity contribution in [1.82, 2.24) is 0 Å². The summed E-state index contributed by atoms with van der Waals surface area (Å²) in [5.74, 6) is 0. The molecule has 0 heterocycles. The number of allylic oxidation sites excluding steroid dienone is 4. The first-order valence-electron chi connectivity index (χ1n) is 9.12. The fraction of sp³-hybridized carbons (Fsp3) is 0.280. The van der Waals surface area contributed by atoms with E-state index in [1.165, 1.54) is 30.3 Å². The Morgan fingerprint density at radius 3 is 1.64 bits per heavy atom. The molecule has 1 aliphatic rings. The van der Waals surface area contributed by atoms with Crippen LogP contribution in [0, 0.1) is 11.5 Å². The minimum absolute atomic E-state index is 0. The molecule has 28 heavy (non-hydrogen) atoms. The molecule has 148 valence electrons. The minimum atomic E-state index is 0. The predicted octanol–water partition coefficient (Wildman–Crippen LogP) is 1.19. The molecule has 0 nitrogen and oxygen atoms in total. The Hall–Kier alpha value is -0.877. The monoisotopic (exact) mass is 488 g/mol. The summed E-state index contributed by atoms with van der Waals surface area (Å²) in [4.78, 5) is 0. The van der Waals surface area contributed by atoms with Gasteiger partial charge >= 0.3 is 41.3 Å². The fourth-order valence-corrected chi connectivity index (χ4v) is 2.82. The molecule has 3 aromatic rings. The molecular weight excluding hydrogens is 462 g/mol. The molecule has 0 saturated heterocycles. The van der Waals surface area contributed by atoms with Crippen LogP contribution in [0.2, 0.25) is 0 Å². The summed E-state index contributed by atoms with van der Waals surface area (Å²) < 4.78 is 1.51. The van der Waals surface area contributed by atoms with E-state index in [9.17, 15) is 0 Å². The maximum absolute atomic E-state index is 3.30. The maximum Gasteiger partial charge on any atom is -0.0771 e. The molecule has 0 unspecified atom stereocenters. The number of rotatable bonds is 0. The van der Waals surface area contributed by atoms with Crippen LogP contribution in [-0.2, 0) is 24.2 Å². The molecule has 0 saturated carbocycles. The van der Waals surface area contributed by atoms with Crippen molar-refractivity contribution in [2.75, 3.05) is 0 Å². The Morgan fingerprint density at radius 1 is 0.893 bits per heavy atom. The number of hydrogen-bond donors (Lipinski definition) is 0. The first kappa shape index (κ1) is 27.1. The first-order chi connectivity index (χ1) is 12.3. The zero-order valence-corrected chi connectivity index (χ0v) is 21.3. The SMILES string of the molecule is CC(C)(C)C1=[C-]CC=C1.C[C](C)=[Zr+2].[Cl-].[Cl-].c1ccc2c(c1)[cH-]c1ccccc12. The van der Waals surface area contributed by atoms with Gasteiger partial charge in [0.05, 0.1) is 0 Å². The van der Waals surface area contributed by atoms with E-state index in [-0.39, 0.29) is 24.8 Å². The standard InChI is InChI=1S/C13H9.C9H13.C3H6.2ClH.Zr/c1-3-7-12-10(5-1)9-11-6-2-4-8-13(11)12;1-9(2,3)8-6-4-5-7-8;1-3-2;;;/h1-9H;4,6H,5H2,1-3H3;1-2H3;2*1H;/q2*-1;;;;+2/p-2. The van der Waals surface area contributed by atoms with Gasteiger partial charge in [0.2, 0.25) is 0 Å². The maximum atomic E-state index is 3.30. The van der Waals surface area contributed by atoms with Crippen LogP contribution in [0.25, 0.3) is 21.5 Å². The third-order valence-corrected chi connectivity index (χ3v) is 4.03. The Balaban J connectivity index is 0.000000432. The van der Waals surface area contributed by atoms with E-state index in [1.807, 2.05) is 0 Å². The van der Waals surface area contributed by atoms with Crippen molar-refractivity contribution in [3.8, 4) is 0 Å². The second kappa shape index (κ2) is 12.6. The molecular formula is C25H28Cl2Zr-2. The molecule has 0 atom stereocenters. The Kier molecular flexibility index (Phi) is 12.2. The van der Waals surface area contributed by atoms with Gasteiger partial charge in [-0.3, -0.25) is 6.08 Å². The zero-order valence-electron chi connectivity index (χ0n) is 17.3. The molecule has 0 fully saturated rings. The van der Waals surface area contributed by atoms with Gasteiger partial charge in [0.1, 0.15) is 0 Å². The van der Waals surface area contributed by atoms with Gasteiger partial charge in [0.25, 0.3) is 0 Å². The van der Waals surface area contributed by atoms with Crippen molar-refractivity contribution >= 4 is 24.8 Å². The topological polar surface area (TPSA) is 0 Å². The van der Waals surface area contributed by atoms with Crippen LogP contribution >= 0.6 is 0 Å². The molecule has 0 amide bonds. The largest absolute Gasteiger partial charge is 1.00 e. The molecule has 0 bridgehead atoms. The number of halogens is 2. The molecule has 3 heteroatoms. The Bertz CT molecular complexity index is 885. The average molecular weight is 491 g/mol. The van der Waals surface area contributed by atoms with E-state index in [1.54, 1.807) is 24.2 Å². The van der Waals surface area contributed by atoms with Gasteiger partial charge in [0, 0.05) is 0 Å². The third-order valence-electron chi connectivity index (χ3n) is 4.03. The van der Waals surface area contributed by atoms with Crippen LogP contribution < -0.4 is 24.8 Å². The molecule has 3 aromatic carbocycles. The summed E-state index contributed by atoms with van der Waals surface area (Å²) in [6, 6.07) is 19.3. The summed E-state index contributed by atoms with van der Waals surface area (Å²) >= 11 is 1.55. The summed E-state index contributed by atoms with van der Waals surface area (Å²) in [5, 5.41) is 5.39. The van der Waals surface area contributed by atoms with Gasteiger partial charge in [-0.2, -0.15) is 6.08 Å². The van der Waals surface area contributed by atoms with Gasteiger partial charge in [0.15, 0.2) is 0 Å². The van der Waals surface area contributed by atoms with Gasteiger partial charge in [-0.05, 0) is 5.41 Å². The van der Waals surface area contributed by atoms with Crippen molar-refractivity contribution in [1.29, 1.82) is 0 Å². The van der Waals surface area contributed by atoms with Crippen LogP contribution in [-0.4, -0.2) is 3.21 Å². The van der Waals surface area contributed by atoms with Gasteiger partial charge in [-0.1, -0.05) is 57.2 Å². The average Bonchev–Trinajstić information content (AvgIpc) is 3.22. The van der Waals surface area contributed by atoms with E-state index >= 15 is 0 Å². The summed E-state index contributed by atoms with van der Waals surface area (Å²) in [6.07, 6.45) is 8.63. The van der Waals surface area contributed by atoms with Crippen LogP contribution in [0.5, 0.6) is 0 Å². The van der Waals surface area contributed by atoms with Crippen molar-refractivity contribution in [3.05, 3.63) is 78.4 Å². The van der Waals surface area contributed by atoms with E-state index in [2.05, 4.69) is 107 Å². The fourth-order valence-electron chi connectivity index (χ4n) is 2.82. The molecule has 1 aliphatic carbocycles. The molecule has 0 radical (unpaired) electrons. The van der Waals surface area contributed by atoms with E-state index < -0.39 is 0 Å². The van der Waals surface area contributed by atoms with Crippen molar-refractivity contribution in [2.45, 2.75) is 41.0 Å². The number of benzene rings is 2. The van der Waals surface area contributed by atoms with Crippen molar-refractivity contribution in [2.24, 2.45) is 5.41 Å². The van der Waals surface area contributed by atoms with Gasteiger partial charge in [-0.25, -0.2) is 11.6 Å². The van der Waals surface area contributed by atoms with Crippen molar-refractivity contribution < 1.29 is 49.0 Å². The smallest absolute Gasteiger partial charge is 0.0771 e. The Labute approximate surface area is 197 Å².